The van der Waals surface area contributed by atoms with Crippen LogP contribution in [-0.4, -0.2) is 30.9 Å². The highest BCUT2D eigenvalue weighted by Crippen LogP contribution is 2.11. The zero-order chi connectivity index (χ0) is 11.5. The Bertz CT molecular complexity index is 391. The van der Waals surface area contributed by atoms with Gasteiger partial charge >= 0.3 is 0 Å². The Hall–Kier alpha value is -1.06. The van der Waals surface area contributed by atoms with E-state index >= 15 is 0 Å². The predicted octanol–water partition coefficient (Wildman–Crippen LogP) is 1.59. The first-order chi connectivity index (χ1) is 7.66. The Kier molecular flexibility index (Phi) is 4.97. The first-order valence-corrected chi connectivity index (χ1v) is 5.68. The van der Waals surface area contributed by atoms with Gasteiger partial charge in [0.2, 0.25) is 5.91 Å². The molecule has 0 aliphatic carbocycles. The van der Waals surface area contributed by atoms with Crippen molar-refractivity contribution in [3.8, 4) is 0 Å². The molecule has 4 heteroatoms. The van der Waals surface area contributed by atoms with Gasteiger partial charge in [0.25, 0.3) is 0 Å². The van der Waals surface area contributed by atoms with Gasteiger partial charge in [0.15, 0.2) is 0 Å². The Morgan fingerprint density at radius 3 is 2.71 bits per heavy atom. The van der Waals surface area contributed by atoms with Crippen LogP contribution in [0.5, 0.6) is 0 Å². The minimum atomic E-state index is 0. The topological polar surface area (TPSA) is 32.3 Å². The van der Waals surface area contributed by atoms with Crippen molar-refractivity contribution in [3.63, 3.8) is 0 Å². The van der Waals surface area contributed by atoms with Gasteiger partial charge in [0.1, 0.15) is 0 Å². The molecule has 0 radical (unpaired) electrons. The lowest BCUT2D eigenvalue weighted by molar-refractivity contribution is -0.136. The van der Waals surface area contributed by atoms with E-state index in [2.05, 4.69) is 30.4 Å². The van der Waals surface area contributed by atoms with Gasteiger partial charge in [-0.2, -0.15) is 0 Å². The lowest BCUT2D eigenvalue weighted by Gasteiger charge is -2.30. The van der Waals surface area contributed by atoms with Crippen LogP contribution in [0.15, 0.2) is 24.3 Å². The van der Waals surface area contributed by atoms with Crippen LogP contribution in [0, 0.1) is 12.8 Å². The molecule has 1 saturated heterocycles. The molecular weight excluding hydrogens is 236 g/mol. The molecular formula is C13H19ClN2O. The summed E-state index contributed by atoms with van der Waals surface area (Å²) in [4.78, 5) is 13.7. The van der Waals surface area contributed by atoms with E-state index in [1.54, 1.807) is 0 Å². The molecule has 17 heavy (non-hydrogen) atoms. The van der Waals surface area contributed by atoms with Crippen molar-refractivity contribution < 1.29 is 4.79 Å². The molecule has 0 bridgehead atoms. The Morgan fingerprint density at radius 2 is 2.18 bits per heavy atom. The predicted molar refractivity (Wildman–Crippen MR) is 71.3 cm³/mol. The summed E-state index contributed by atoms with van der Waals surface area (Å²) in [5, 5.41) is 3.12. The van der Waals surface area contributed by atoms with Crippen molar-refractivity contribution in [2.75, 3.05) is 20.1 Å². The average molecular weight is 255 g/mol. The molecule has 0 saturated carbocycles. The fourth-order valence-electron chi connectivity index (χ4n) is 1.94. The molecule has 1 heterocycles. The average Bonchev–Trinajstić information content (AvgIpc) is 2.14. The van der Waals surface area contributed by atoms with Gasteiger partial charge in [-0.1, -0.05) is 29.8 Å². The third-order valence-corrected chi connectivity index (χ3v) is 3.01. The van der Waals surface area contributed by atoms with Crippen molar-refractivity contribution in [2.24, 2.45) is 5.92 Å². The SMILES string of the molecule is Cc1cccc(CN(C)C(=O)C2CNC2)c1.Cl. The fraction of sp³-hybridized carbons (Fsp3) is 0.462. The second kappa shape index (κ2) is 6.03. The van der Waals surface area contributed by atoms with Crippen LogP contribution >= 0.6 is 12.4 Å². The van der Waals surface area contributed by atoms with Gasteiger partial charge in [0, 0.05) is 26.7 Å². The number of carbonyl (C=O) groups is 1. The summed E-state index contributed by atoms with van der Waals surface area (Å²) in [5.74, 6) is 0.440. The Balaban J connectivity index is 0.00000144. The fourth-order valence-corrected chi connectivity index (χ4v) is 1.94. The maximum absolute atomic E-state index is 11.9. The summed E-state index contributed by atoms with van der Waals surface area (Å²) in [5.41, 5.74) is 2.44. The van der Waals surface area contributed by atoms with Gasteiger partial charge < -0.3 is 10.2 Å². The molecule has 94 valence electrons. The second-order valence-corrected chi connectivity index (χ2v) is 4.54. The van der Waals surface area contributed by atoms with E-state index in [-0.39, 0.29) is 24.2 Å². The molecule has 1 aliphatic rings. The molecule has 1 N–H and O–H groups in total. The minimum Gasteiger partial charge on any atom is -0.341 e. The molecule has 2 rings (SSSR count). The summed E-state index contributed by atoms with van der Waals surface area (Å²) in [6, 6.07) is 8.30. The van der Waals surface area contributed by atoms with Gasteiger partial charge in [0.05, 0.1) is 5.92 Å². The van der Waals surface area contributed by atoms with Gasteiger partial charge in [-0.3, -0.25) is 4.79 Å². The number of nitrogens with zero attached hydrogens (tertiary/aromatic N) is 1. The molecule has 1 fully saturated rings. The summed E-state index contributed by atoms with van der Waals surface area (Å²) in [7, 11) is 1.88. The minimum absolute atomic E-state index is 0. The number of nitrogens with one attached hydrogen (secondary N) is 1. The van der Waals surface area contributed by atoms with Crippen LogP contribution in [-0.2, 0) is 11.3 Å². The molecule has 0 spiro atoms. The highest BCUT2D eigenvalue weighted by molar-refractivity contribution is 5.85. The molecule has 0 aromatic heterocycles. The Labute approximate surface area is 109 Å². The maximum Gasteiger partial charge on any atom is 0.228 e. The van der Waals surface area contributed by atoms with E-state index in [1.807, 2.05) is 18.0 Å². The molecule has 0 unspecified atom stereocenters. The third kappa shape index (κ3) is 3.45. The highest BCUT2D eigenvalue weighted by atomic mass is 35.5. The standard InChI is InChI=1S/C13H18N2O.ClH/c1-10-4-3-5-11(6-10)9-15(2)13(16)12-7-14-8-12;/h3-6,12,14H,7-9H2,1-2H3;1H. The van der Waals surface area contributed by atoms with Gasteiger partial charge in [-0.15, -0.1) is 12.4 Å². The summed E-state index contributed by atoms with van der Waals surface area (Å²) < 4.78 is 0. The second-order valence-electron chi connectivity index (χ2n) is 4.54. The van der Waals surface area contributed by atoms with Crippen molar-refractivity contribution in [3.05, 3.63) is 35.4 Å². The van der Waals surface area contributed by atoms with Crippen LogP contribution in [0.2, 0.25) is 0 Å². The molecule has 3 nitrogen and oxygen atoms in total. The number of hydrogen-bond acceptors (Lipinski definition) is 2. The summed E-state index contributed by atoms with van der Waals surface area (Å²) in [6.45, 7) is 4.44. The normalized spacial score (nSPS) is 14.7. The van der Waals surface area contributed by atoms with E-state index in [0.29, 0.717) is 6.54 Å². The third-order valence-electron chi connectivity index (χ3n) is 3.01. The largest absolute Gasteiger partial charge is 0.341 e. The van der Waals surface area contributed by atoms with Crippen LogP contribution < -0.4 is 5.32 Å². The Morgan fingerprint density at radius 1 is 1.47 bits per heavy atom. The quantitative estimate of drug-likeness (QED) is 0.889. The van der Waals surface area contributed by atoms with Crippen molar-refractivity contribution in [2.45, 2.75) is 13.5 Å². The van der Waals surface area contributed by atoms with Crippen molar-refractivity contribution >= 4 is 18.3 Å². The van der Waals surface area contributed by atoms with Crippen molar-refractivity contribution in [1.29, 1.82) is 0 Å². The summed E-state index contributed by atoms with van der Waals surface area (Å²) in [6.07, 6.45) is 0. The van der Waals surface area contributed by atoms with Crippen LogP contribution in [0.3, 0.4) is 0 Å². The number of aryl methyl sites for hydroxylation is 1. The van der Waals surface area contributed by atoms with Crippen molar-refractivity contribution in [1.82, 2.24) is 10.2 Å². The monoisotopic (exact) mass is 254 g/mol. The zero-order valence-corrected chi connectivity index (χ0v) is 11.1. The van der Waals surface area contributed by atoms with E-state index in [4.69, 9.17) is 0 Å². The number of hydrogen-bond donors (Lipinski definition) is 1. The number of halogens is 1. The van der Waals surface area contributed by atoms with E-state index in [9.17, 15) is 4.79 Å². The lowest BCUT2D eigenvalue weighted by Crippen LogP contribution is -2.50. The number of rotatable bonds is 3. The smallest absolute Gasteiger partial charge is 0.228 e. The zero-order valence-electron chi connectivity index (χ0n) is 10.3. The van der Waals surface area contributed by atoms with E-state index in [1.165, 1.54) is 11.1 Å². The molecule has 1 amide bonds. The van der Waals surface area contributed by atoms with E-state index in [0.717, 1.165) is 13.1 Å². The molecule has 0 atom stereocenters. The first-order valence-electron chi connectivity index (χ1n) is 5.68. The molecule has 1 aromatic rings. The summed E-state index contributed by atoms with van der Waals surface area (Å²) >= 11 is 0. The van der Waals surface area contributed by atoms with E-state index < -0.39 is 0 Å². The van der Waals surface area contributed by atoms with Gasteiger partial charge in [-0.25, -0.2) is 0 Å². The number of benzene rings is 1. The maximum atomic E-state index is 11.9. The number of carbonyl (C=O) groups excluding carboxylic acids is 1. The highest BCUT2D eigenvalue weighted by Gasteiger charge is 2.27. The van der Waals surface area contributed by atoms with Crippen LogP contribution in [0.25, 0.3) is 0 Å². The van der Waals surface area contributed by atoms with Gasteiger partial charge in [-0.05, 0) is 12.5 Å². The number of amides is 1. The lowest BCUT2D eigenvalue weighted by atomic mass is 10.0. The van der Waals surface area contributed by atoms with Crippen LogP contribution in [0.4, 0.5) is 0 Å². The molecule has 1 aromatic carbocycles. The first kappa shape index (κ1) is 14.0. The molecule has 1 aliphatic heterocycles. The van der Waals surface area contributed by atoms with Crippen LogP contribution in [0.1, 0.15) is 11.1 Å².